The van der Waals surface area contributed by atoms with Crippen LogP contribution in [0.2, 0.25) is 0 Å². The molecule has 0 aliphatic carbocycles. The topological polar surface area (TPSA) is 87.0 Å². The minimum absolute atomic E-state index is 0.223. The summed E-state index contributed by atoms with van der Waals surface area (Å²) < 4.78 is 6.03. The highest BCUT2D eigenvalue weighted by molar-refractivity contribution is 5.86. The number of aliphatic carboxylic acids is 1. The van der Waals surface area contributed by atoms with Crippen LogP contribution < -0.4 is 4.74 Å². The molecule has 2 unspecified atom stereocenters. The van der Waals surface area contributed by atoms with Crippen molar-refractivity contribution in [3.05, 3.63) is 58.2 Å². The number of ether oxygens (including phenoxy) is 1. The summed E-state index contributed by atoms with van der Waals surface area (Å²) >= 11 is 0. The number of carbonyl (C=O) groups is 1. The highest BCUT2D eigenvalue weighted by atomic mass is 16.5. The second kappa shape index (κ2) is 11.4. The maximum absolute atomic E-state index is 11.4. The number of aliphatic hydroxyl groups is 1. The van der Waals surface area contributed by atoms with Gasteiger partial charge < -0.3 is 20.1 Å². The molecular formula is C27H38O5. The number of hydrogen-bond acceptors (Lipinski definition) is 4. The third kappa shape index (κ3) is 7.56. The van der Waals surface area contributed by atoms with Gasteiger partial charge in [0.05, 0.1) is 5.60 Å². The standard InChI is InChI=1S/C27H38O5/c1-18(2)9-6-12-21(26(29)30)13-7-10-19(3)11-8-14-27(5,31)24-17-22-16-23(28)15-20(4)25(22)32-24/h9,11,13,15-16,24,28,31H,6-8,10,12,14,17H2,1-5H3,(H,29,30)/b19-11+,21-13-. The van der Waals surface area contributed by atoms with Crippen LogP contribution in [0.3, 0.4) is 0 Å². The van der Waals surface area contributed by atoms with Crippen LogP contribution in [0.5, 0.6) is 11.5 Å². The van der Waals surface area contributed by atoms with Gasteiger partial charge in [-0.15, -0.1) is 0 Å². The number of carboxylic acid groups (broad SMARTS) is 1. The van der Waals surface area contributed by atoms with Crippen molar-refractivity contribution in [1.82, 2.24) is 0 Å². The first kappa shape index (κ1) is 25.7. The third-order valence-corrected chi connectivity index (χ3v) is 6.01. The van der Waals surface area contributed by atoms with E-state index in [1.807, 2.05) is 33.8 Å². The molecular weight excluding hydrogens is 404 g/mol. The van der Waals surface area contributed by atoms with Crippen LogP contribution in [0.1, 0.15) is 77.3 Å². The quantitative estimate of drug-likeness (QED) is 0.288. The van der Waals surface area contributed by atoms with Crippen molar-refractivity contribution in [2.75, 3.05) is 0 Å². The number of benzene rings is 1. The van der Waals surface area contributed by atoms with E-state index < -0.39 is 11.6 Å². The summed E-state index contributed by atoms with van der Waals surface area (Å²) in [6.07, 6.45) is 10.3. The fraction of sp³-hybridized carbons (Fsp3) is 0.519. The Hall–Kier alpha value is -2.53. The molecule has 5 heteroatoms. The average molecular weight is 443 g/mol. The van der Waals surface area contributed by atoms with Crippen molar-refractivity contribution in [3.8, 4) is 11.5 Å². The fourth-order valence-electron chi connectivity index (χ4n) is 4.04. The predicted molar refractivity (Wildman–Crippen MR) is 128 cm³/mol. The van der Waals surface area contributed by atoms with Crippen LogP contribution in [-0.2, 0) is 11.2 Å². The van der Waals surface area contributed by atoms with Gasteiger partial charge >= 0.3 is 5.97 Å². The van der Waals surface area contributed by atoms with E-state index in [1.165, 1.54) is 11.1 Å². The van der Waals surface area contributed by atoms with Gasteiger partial charge in [-0.05, 0) is 90.8 Å². The van der Waals surface area contributed by atoms with E-state index in [9.17, 15) is 20.1 Å². The molecule has 0 radical (unpaired) electrons. The second-order valence-electron chi connectivity index (χ2n) is 9.40. The maximum atomic E-state index is 11.4. The summed E-state index contributed by atoms with van der Waals surface area (Å²) in [5.74, 6) is 0.150. The van der Waals surface area contributed by atoms with Crippen LogP contribution in [0.4, 0.5) is 0 Å². The first-order valence-electron chi connectivity index (χ1n) is 11.4. The van der Waals surface area contributed by atoms with Gasteiger partial charge in [0.2, 0.25) is 0 Å². The molecule has 0 spiro atoms. The van der Waals surface area contributed by atoms with Gasteiger partial charge in [0, 0.05) is 17.6 Å². The lowest BCUT2D eigenvalue weighted by Crippen LogP contribution is -2.42. The van der Waals surface area contributed by atoms with Crippen LogP contribution in [0.25, 0.3) is 0 Å². The summed E-state index contributed by atoms with van der Waals surface area (Å²) in [5, 5.41) is 30.2. The summed E-state index contributed by atoms with van der Waals surface area (Å²) in [5.41, 5.74) is 3.68. The molecule has 1 aliphatic heterocycles. The molecule has 1 aromatic carbocycles. The minimum Gasteiger partial charge on any atom is -0.508 e. The number of aryl methyl sites for hydroxylation is 1. The van der Waals surface area contributed by atoms with Gasteiger partial charge in [-0.3, -0.25) is 0 Å². The van der Waals surface area contributed by atoms with E-state index in [0.29, 0.717) is 31.3 Å². The average Bonchev–Trinajstić information content (AvgIpc) is 3.11. The molecule has 0 bridgehead atoms. The smallest absolute Gasteiger partial charge is 0.331 e. The summed E-state index contributed by atoms with van der Waals surface area (Å²) in [6.45, 7) is 9.77. The molecule has 3 N–H and O–H groups in total. The van der Waals surface area contributed by atoms with Gasteiger partial charge in [0.1, 0.15) is 17.6 Å². The number of aromatic hydroxyl groups is 1. The fourth-order valence-corrected chi connectivity index (χ4v) is 4.04. The molecule has 176 valence electrons. The zero-order chi connectivity index (χ0) is 23.9. The predicted octanol–water partition coefficient (Wildman–Crippen LogP) is 6.02. The van der Waals surface area contributed by atoms with Crippen LogP contribution in [0.15, 0.2) is 47.1 Å². The van der Waals surface area contributed by atoms with E-state index in [-0.39, 0.29) is 11.9 Å². The van der Waals surface area contributed by atoms with Gasteiger partial charge in [-0.1, -0.05) is 29.4 Å². The zero-order valence-electron chi connectivity index (χ0n) is 20.1. The molecule has 1 heterocycles. The molecule has 2 atom stereocenters. The Morgan fingerprint density at radius 3 is 2.47 bits per heavy atom. The monoisotopic (exact) mass is 442 g/mol. The van der Waals surface area contributed by atoms with Crippen LogP contribution in [0, 0.1) is 6.92 Å². The van der Waals surface area contributed by atoms with E-state index in [4.69, 9.17) is 4.74 Å². The number of fused-ring (bicyclic) bond motifs is 1. The van der Waals surface area contributed by atoms with Gasteiger partial charge in [-0.25, -0.2) is 4.79 Å². The van der Waals surface area contributed by atoms with Crippen LogP contribution >= 0.6 is 0 Å². The van der Waals surface area contributed by atoms with Crippen LogP contribution in [-0.4, -0.2) is 33.0 Å². The Balaban J connectivity index is 1.84. The molecule has 1 aromatic rings. The lowest BCUT2D eigenvalue weighted by molar-refractivity contribution is -0.132. The Kier molecular flexibility index (Phi) is 9.14. The maximum Gasteiger partial charge on any atom is 0.331 e. The van der Waals surface area contributed by atoms with Gasteiger partial charge in [-0.2, -0.15) is 0 Å². The number of hydrogen-bond donors (Lipinski definition) is 3. The Labute approximate surface area is 192 Å². The largest absolute Gasteiger partial charge is 0.508 e. The number of allylic oxidation sites excluding steroid dienone is 5. The highest BCUT2D eigenvalue weighted by Gasteiger charge is 2.38. The number of carboxylic acids is 1. The molecule has 0 aromatic heterocycles. The summed E-state index contributed by atoms with van der Waals surface area (Å²) in [6, 6.07) is 3.38. The Bertz CT molecular complexity index is 901. The van der Waals surface area contributed by atoms with Crippen molar-refractivity contribution < 1.29 is 24.9 Å². The van der Waals surface area contributed by atoms with Crippen molar-refractivity contribution in [2.24, 2.45) is 0 Å². The minimum atomic E-state index is -0.987. The van der Waals surface area contributed by atoms with E-state index >= 15 is 0 Å². The molecule has 0 saturated carbocycles. The first-order valence-corrected chi connectivity index (χ1v) is 11.4. The number of phenolic OH excluding ortho intramolecular Hbond substituents is 1. The van der Waals surface area contributed by atoms with Gasteiger partial charge in [0.25, 0.3) is 0 Å². The molecule has 2 rings (SSSR count). The van der Waals surface area contributed by atoms with Gasteiger partial charge in [0.15, 0.2) is 0 Å². The summed E-state index contributed by atoms with van der Waals surface area (Å²) in [4.78, 5) is 11.4. The zero-order valence-corrected chi connectivity index (χ0v) is 20.1. The number of phenols is 1. The van der Waals surface area contributed by atoms with Crippen molar-refractivity contribution >= 4 is 5.97 Å². The van der Waals surface area contributed by atoms with E-state index in [0.717, 1.165) is 36.1 Å². The SMILES string of the molecule is CC(C)=CCC/C(=C/CC/C(C)=C/CCC(C)(O)C1Cc2cc(O)cc(C)c2O1)C(=O)O. The molecule has 0 fully saturated rings. The summed E-state index contributed by atoms with van der Waals surface area (Å²) in [7, 11) is 0. The van der Waals surface area contributed by atoms with Crippen molar-refractivity contribution in [3.63, 3.8) is 0 Å². The van der Waals surface area contributed by atoms with Crippen molar-refractivity contribution in [2.45, 2.75) is 91.3 Å². The Morgan fingerprint density at radius 1 is 1.12 bits per heavy atom. The second-order valence-corrected chi connectivity index (χ2v) is 9.40. The lowest BCUT2D eigenvalue weighted by Gasteiger charge is -2.29. The first-order chi connectivity index (χ1) is 15.0. The molecule has 0 amide bonds. The molecule has 32 heavy (non-hydrogen) atoms. The number of rotatable bonds is 11. The van der Waals surface area contributed by atoms with E-state index in [1.54, 1.807) is 19.1 Å². The molecule has 5 nitrogen and oxygen atoms in total. The normalized spacial score (nSPS) is 18.0. The lowest BCUT2D eigenvalue weighted by atomic mass is 9.90. The van der Waals surface area contributed by atoms with E-state index in [2.05, 4.69) is 12.2 Å². The molecule has 0 saturated heterocycles. The molecule has 1 aliphatic rings. The Morgan fingerprint density at radius 2 is 1.81 bits per heavy atom. The van der Waals surface area contributed by atoms with Crippen molar-refractivity contribution in [1.29, 1.82) is 0 Å². The highest BCUT2D eigenvalue weighted by Crippen LogP contribution is 2.39. The third-order valence-electron chi connectivity index (χ3n) is 6.01.